The molecule has 0 aromatic carbocycles. The van der Waals surface area contributed by atoms with Crippen LogP contribution >= 0.6 is 0 Å². The van der Waals surface area contributed by atoms with E-state index in [0.717, 1.165) is 96.3 Å². The zero-order valence-electron chi connectivity index (χ0n) is 42.3. The van der Waals surface area contributed by atoms with E-state index in [0.29, 0.717) is 19.4 Å². The van der Waals surface area contributed by atoms with Gasteiger partial charge < -0.3 is 14.2 Å². The Balaban J connectivity index is 4.34. The van der Waals surface area contributed by atoms with Crippen LogP contribution < -0.4 is 0 Å². The first-order chi connectivity index (χ1) is 31.6. The molecule has 0 aliphatic heterocycles. The number of carbonyl (C=O) groups is 2. The maximum absolute atomic E-state index is 12.8. The second kappa shape index (κ2) is 54.4. The number of unbranched alkanes of at least 4 members (excludes halogenated alkanes) is 24. The Labute approximate surface area is 397 Å². The van der Waals surface area contributed by atoms with Crippen molar-refractivity contribution in [2.45, 2.75) is 258 Å². The van der Waals surface area contributed by atoms with E-state index in [1.165, 1.54) is 122 Å². The predicted octanol–water partition coefficient (Wildman–Crippen LogP) is 18.5. The highest BCUT2D eigenvalue weighted by Crippen LogP contribution is 2.14. The summed E-state index contributed by atoms with van der Waals surface area (Å²) in [5, 5.41) is 0. The number of hydrogen-bond donors (Lipinski definition) is 0. The molecule has 0 radical (unpaired) electrons. The van der Waals surface area contributed by atoms with Gasteiger partial charge in [0.25, 0.3) is 0 Å². The summed E-state index contributed by atoms with van der Waals surface area (Å²) in [6.45, 7) is 7.63. The SMILES string of the molecule is CC/C=C\C/C=C\C/C=C\CCCCCCCCOCC(COC(=O)CCCCCCCCC/C=C\C/C=C\CCCCC)OC(=O)CCCCCCC/C=C\C/C=C\CCCCC. The van der Waals surface area contributed by atoms with Crippen LogP contribution in [0.4, 0.5) is 0 Å². The summed E-state index contributed by atoms with van der Waals surface area (Å²) in [6.07, 6.45) is 71.6. The fourth-order valence-electron chi connectivity index (χ4n) is 7.35. The molecule has 0 fully saturated rings. The quantitative estimate of drug-likeness (QED) is 0.0346. The van der Waals surface area contributed by atoms with Gasteiger partial charge in [0.15, 0.2) is 6.10 Å². The Kier molecular flexibility index (Phi) is 51.9. The molecule has 0 aliphatic carbocycles. The summed E-state index contributed by atoms with van der Waals surface area (Å²) in [7, 11) is 0. The van der Waals surface area contributed by atoms with E-state index in [1.807, 2.05) is 0 Å². The molecular weight excluding hydrogens is 789 g/mol. The summed E-state index contributed by atoms with van der Waals surface area (Å²) >= 11 is 0. The number of esters is 2. The monoisotopic (exact) mass is 891 g/mol. The van der Waals surface area contributed by atoms with Crippen LogP contribution in [0.25, 0.3) is 0 Å². The molecule has 0 spiro atoms. The van der Waals surface area contributed by atoms with Crippen LogP contribution in [0.3, 0.4) is 0 Å². The molecule has 0 aliphatic rings. The van der Waals surface area contributed by atoms with E-state index in [4.69, 9.17) is 14.2 Å². The number of rotatable bonds is 49. The van der Waals surface area contributed by atoms with E-state index in [2.05, 4.69) is 106 Å². The molecule has 0 aromatic heterocycles. The standard InChI is InChI=1S/C59H102O5/c1-4-7-10-13-16-19-22-25-28-30-32-34-37-40-43-46-49-52-58(60)63-56-57(55-62-54-51-48-45-42-39-36-33-29-26-23-20-17-14-11-8-5-2)64-59(61)53-50-47-44-41-38-35-31-27-24-21-18-15-12-9-6-3/h8,11,16-21,25-29,31,57H,4-7,9-10,12-15,22-24,30,32-56H2,1-3H3/b11-8-,19-16-,20-17-,21-18-,28-25-,29-26-,31-27-. The van der Waals surface area contributed by atoms with Crippen molar-refractivity contribution in [2.75, 3.05) is 19.8 Å². The minimum atomic E-state index is -0.558. The lowest BCUT2D eigenvalue weighted by molar-refractivity contribution is -0.163. The van der Waals surface area contributed by atoms with Gasteiger partial charge in [-0.05, 0) is 116 Å². The third kappa shape index (κ3) is 51.7. The molecule has 0 aromatic rings. The van der Waals surface area contributed by atoms with Crippen molar-refractivity contribution in [2.24, 2.45) is 0 Å². The van der Waals surface area contributed by atoms with Gasteiger partial charge in [0.2, 0.25) is 0 Å². The molecule has 0 bridgehead atoms. The Morgan fingerprint density at radius 1 is 0.359 bits per heavy atom. The van der Waals surface area contributed by atoms with Gasteiger partial charge in [-0.15, -0.1) is 0 Å². The first-order valence-corrected chi connectivity index (χ1v) is 27.1. The van der Waals surface area contributed by atoms with Gasteiger partial charge in [0.05, 0.1) is 6.61 Å². The van der Waals surface area contributed by atoms with E-state index < -0.39 is 6.10 Å². The Bertz CT molecular complexity index is 1190. The Morgan fingerprint density at radius 2 is 0.703 bits per heavy atom. The van der Waals surface area contributed by atoms with Gasteiger partial charge in [-0.2, -0.15) is 0 Å². The van der Waals surface area contributed by atoms with E-state index >= 15 is 0 Å². The molecule has 0 heterocycles. The molecule has 0 saturated heterocycles. The van der Waals surface area contributed by atoms with Gasteiger partial charge in [0.1, 0.15) is 6.61 Å². The lowest BCUT2D eigenvalue weighted by Gasteiger charge is -2.18. The van der Waals surface area contributed by atoms with Crippen LogP contribution in [-0.2, 0) is 23.8 Å². The number of carbonyl (C=O) groups excluding carboxylic acids is 2. The second-order valence-electron chi connectivity index (χ2n) is 17.7. The maximum atomic E-state index is 12.8. The summed E-state index contributed by atoms with van der Waals surface area (Å²) in [5.41, 5.74) is 0. The summed E-state index contributed by atoms with van der Waals surface area (Å²) in [6, 6.07) is 0. The maximum Gasteiger partial charge on any atom is 0.306 e. The van der Waals surface area contributed by atoms with Crippen LogP contribution in [0.1, 0.15) is 252 Å². The summed E-state index contributed by atoms with van der Waals surface area (Å²) in [4.78, 5) is 25.5. The molecule has 0 rings (SSSR count). The highest BCUT2D eigenvalue weighted by molar-refractivity contribution is 5.70. The normalized spacial score (nSPS) is 12.9. The zero-order valence-corrected chi connectivity index (χ0v) is 42.3. The molecule has 0 N–H and O–H groups in total. The molecule has 1 atom stereocenters. The van der Waals surface area contributed by atoms with Crippen molar-refractivity contribution in [3.8, 4) is 0 Å². The van der Waals surface area contributed by atoms with E-state index in [1.54, 1.807) is 0 Å². The molecular formula is C59H102O5. The fourth-order valence-corrected chi connectivity index (χ4v) is 7.35. The molecule has 368 valence electrons. The van der Waals surface area contributed by atoms with Crippen molar-refractivity contribution in [1.82, 2.24) is 0 Å². The molecule has 0 saturated carbocycles. The highest BCUT2D eigenvalue weighted by atomic mass is 16.6. The molecule has 5 nitrogen and oxygen atoms in total. The van der Waals surface area contributed by atoms with Crippen LogP contribution in [-0.4, -0.2) is 37.9 Å². The van der Waals surface area contributed by atoms with Crippen molar-refractivity contribution >= 4 is 11.9 Å². The van der Waals surface area contributed by atoms with Crippen LogP contribution in [0.5, 0.6) is 0 Å². The Morgan fingerprint density at radius 3 is 1.12 bits per heavy atom. The average Bonchev–Trinajstić information content (AvgIpc) is 3.30. The van der Waals surface area contributed by atoms with E-state index in [9.17, 15) is 9.59 Å². The largest absolute Gasteiger partial charge is 0.462 e. The lowest BCUT2D eigenvalue weighted by Crippen LogP contribution is -2.30. The van der Waals surface area contributed by atoms with Crippen molar-refractivity contribution in [1.29, 1.82) is 0 Å². The smallest absolute Gasteiger partial charge is 0.306 e. The molecule has 0 amide bonds. The average molecular weight is 891 g/mol. The second-order valence-corrected chi connectivity index (χ2v) is 17.7. The van der Waals surface area contributed by atoms with Crippen molar-refractivity contribution < 1.29 is 23.8 Å². The molecule has 1 unspecified atom stereocenters. The fraction of sp³-hybridized carbons (Fsp3) is 0.729. The van der Waals surface area contributed by atoms with Crippen molar-refractivity contribution in [3.05, 3.63) is 85.1 Å². The van der Waals surface area contributed by atoms with Crippen molar-refractivity contribution in [3.63, 3.8) is 0 Å². The van der Waals surface area contributed by atoms with Gasteiger partial charge in [-0.25, -0.2) is 0 Å². The lowest BCUT2D eigenvalue weighted by atomic mass is 10.1. The number of allylic oxidation sites excluding steroid dienone is 14. The third-order valence-corrected chi connectivity index (χ3v) is 11.4. The van der Waals surface area contributed by atoms with Gasteiger partial charge >= 0.3 is 11.9 Å². The first kappa shape index (κ1) is 61.1. The van der Waals surface area contributed by atoms with Crippen LogP contribution in [0.2, 0.25) is 0 Å². The summed E-state index contributed by atoms with van der Waals surface area (Å²) in [5.74, 6) is -0.428. The highest BCUT2D eigenvalue weighted by Gasteiger charge is 2.17. The van der Waals surface area contributed by atoms with Crippen LogP contribution in [0.15, 0.2) is 85.1 Å². The number of ether oxygens (including phenoxy) is 3. The van der Waals surface area contributed by atoms with Gasteiger partial charge in [-0.1, -0.05) is 209 Å². The van der Waals surface area contributed by atoms with E-state index in [-0.39, 0.29) is 25.2 Å². The van der Waals surface area contributed by atoms with Gasteiger partial charge in [0, 0.05) is 19.4 Å². The zero-order chi connectivity index (χ0) is 46.3. The topological polar surface area (TPSA) is 61.8 Å². The summed E-state index contributed by atoms with van der Waals surface area (Å²) < 4.78 is 17.4. The molecule has 64 heavy (non-hydrogen) atoms. The van der Waals surface area contributed by atoms with Gasteiger partial charge in [-0.3, -0.25) is 9.59 Å². The Hall–Kier alpha value is -2.92. The first-order valence-electron chi connectivity index (χ1n) is 27.1. The molecule has 5 heteroatoms. The minimum absolute atomic E-state index is 0.0669. The predicted molar refractivity (Wildman–Crippen MR) is 279 cm³/mol. The minimum Gasteiger partial charge on any atom is -0.462 e. The van der Waals surface area contributed by atoms with Crippen LogP contribution in [0, 0.1) is 0 Å². The number of hydrogen-bond acceptors (Lipinski definition) is 5. The third-order valence-electron chi connectivity index (χ3n) is 11.4.